The summed E-state index contributed by atoms with van der Waals surface area (Å²) in [5.74, 6) is -0.662. The zero-order chi connectivity index (χ0) is 22.8. The van der Waals surface area contributed by atoms with Gasteiger partial charge in [0.2, 0.25) is 0 Å². The predicted molar refractivity (Wildman–Crippen MR) is 106 cm³/mol. The summed E-state index contributed by atoms with van der Waals surface area (Å²) >= 11 is 5.92. The van der Waals surface area contributed by atoms with Crippen LogP contribution in [-0.4, -0.2) is 69.2 Å². The summed E-state index contributed by atoms with van der Waals surface area (Å²) in [5.41, 5.74) is -0.435. The van der Waals surface area contributed by atoms with Gasteiger partial charge >= 0.3 is 17.5 Å². The molecule has 1 saturated heterocycles. The van der Waals surface area contributed by atoms with E-state index in [0.717, 1.165) is 5.69 Å². The summed E-state index contributed by atoms with van der Waals surface area (Å²) in [6.07, 6.45) is -3.54. The van der Waals surface area contributed by atoms with Crippen LogP contribution in [0.3, 0.4) is 0 Å². The number of halogens is 4. The van der Waals surface area contributed by atoms with Gasteiger partial charge in [0.15, 0.2) is 0 Å². The Hall–Kier alpha value is -2.57. The smallest absolute Gasteiger partial charge is 0.406 e. The number of rotatable bonds is 7. The van der Waals surface area contributed by atoms with Crippen molar-refractivity contribution in [3.05, 3.63) is 45.9 Å². The van der Waals surface area contributed by atoms with Crippen LogP contribution in [0.4, 0.5) is 24.7 Å². The third-order valence-corrected chi connectivity index (χ3v) is 5.09. The molecular weight excluding hydrogens is 443 g/mol. The first kappa shape index (κ1) is 23.1. The van der Waals surface area contributed by atoms with E-state index in [1.54, 1.807) is 19.1 Å². The molecule has 1 fully saturated rings. The van der Waals surface area contributed by atoms with Crippen molar-refractivity contribution in [3.8, 4) is 5.75 Å². The first-order chi connectivity index (χ1) is 14.4. The van der Waals surface area contributed by atoms with Gasteiger partial charge in [-0.05, 0) is 52.7 Å². The lowest BCUT2D eigenvalue weighted by molar-refractivity contribution is -0.389. The largest absolute Gasteiger partial charge is 0.573 e. The number of piperazine rings is 1. The summed E-state index contributed by atoms with van der Waals surface area (Å²) in [6.45, 7) is 4.43. The van der Waals surface area contributed by atoms with Gasteiger partial charge in [-0.2, -0.15) is 0 Å². The standard InChI is InChI=1S/C18H21ClF3N5O4/c1-17(28,12-26-10-15(27(29)30)23-16(26)19)11-24-6-8-25(9-7-24)13-2-4-14(5-3-13)31-18(20,21)22/h2-5,10,28H,6-9,11-12H2,1H3/t17-/m0/s1. The average molecular weight is 464 g/mol. The normalized spacial score (nSPS) is 17.4. The van der Waals surface area contributed by atoms with E-state index < -0.39 is 16.9 Å². The third-order valence-electron chi connectivity index (χ3n) is 4.79. The number of benzene rings is 1. The number of nitro groups is 1. The molecule has 170 valence electrons. The molecule has 0 radical (unpaired) electrons. The second kappa shape index (κ2) is 8.89. The van der Waals surface area contributed by atoms with Gasteiger partial charge in [-0.1, -0.05) is 0 Å². The molecule has 1 atom stereocenters. The quantitative estimate of drug-likeness (QED) is 0.498. The van der Waals surface area contributed by atoms with Gasteiger partial charge in [0.05, 0.1) is 12.1 Å². The summed E-state index contributed by atoms with van der Waals surface area (Å²) < 4.78 is 42.0. The first-order valence-electron chi connectivity index (χ1n) is 9.34. The summed E-state index contributed by atoms with van der Waals surface area (Å²) in [7, 11) is 0. The molecule has 3 rings (SSSR count). The van der Waals surface area contributed by atoms with Gasteiger partial charge in [0.1, 0.15) is 11.9 Å². The number of anilines is 1. The van der Waals surface area contributed by atoms with Crippen molar-refractivity contribution in [1.82, 2.24) is 14.5 Å². The summed E-state index contributed by atoms with van der Waals surface area (Å²) in [5, 5.41) is 21.5. The molecule has 1 aromatic heterocycles. The van der Waals surface area contributed by atoms with E-state index in [9.17, 15) is 28.4 Å². The molecule has 2 heterocycles. The highest BCUT2D eigenvalue weighted by Gasteiger charge is 2.32. The average Bonchev–Trinajstić information content (AvgIpc) is 3.02. The van der Waals surface area contributed by atoms with Crippen molar-refractivity contribution in [2.45, 2.75) is 25.4 Å². The molecule has 1 aliphatic rings. The van der Waals surface area contributed by atoms with Crippen LogP contribution in [0.25, 0.3) is 0 Å². The number of β-amino-alcohol motifs (C(OH)–C–C–N with tert-alkyl or cyclic N) is 1. The minimum Gasteiger partial charge on any atom is -0.406 e. The minimum absolute atomic E-state index is 0.0353. The van der Waals surface area contributed by atoms with E-state index in [4.69, 9.17) is 11.6 Å². The Labute approximate surface area is 180 Å². The fourth-order valence-corrected chi connectivity index (χ4v) is 3.70. The van der Waals surface area contributed by atoms with Gasteiger partial charge in [-0.15, -0.1) is 13.2 Å². The number of nitrogens with zero attached hydrogens (tertiary/aromatic N) is 5. The van der Waals surface area contributed by atoms with Gasteiger partial charge in [-0.25, -0.2) is 0 Å². The highest BCUT2D eigenvalue weighted by molar-refractivity contribution is 6.28. The second-order valence-electron chi connectivity index (χ2n) is 7.55. The zero-order valence-corrected chi connectivity index (χ0v) is 17.3. The van der Waals surface area contributed by atoms with Crippen LogP contribution in [0, 0.1) is 10.1 Å². The van der Waals surface area contributed by atoms with Crippen LogP contribution >= 0.6 is 11.6 Å². The van der Waals surface area contributed by atoms with E-state index in [-0.39, 0.29) is 23.4 Å². The topological polar surface area (TPSA) is 96.9 Å². The summed E-state index contributed by atoms with van der Waals surface area (Å²) in [4.78, 5) is 17.9. The Balaban J connectivity index is 1.53. The van der Waals surface area contributed by atoms with E-state index >= 15 is 0 Å². The maximum atomic E-state index is 12.3. The van der Waals surface area contributed by atoms with E-state index in [0.29, 0.717) is 32.7 Å². The summed E-state index contributed by atoms with van der Waals surface area (Å²) in [6, 6.07) is 5.68. The molecule has 0 saturated carbocycles. The molecule has 0 bridgehead atoms. The first-order valence-corrected chi connectivity index (χ1v) is 9.72. The van der Waals surface area contributed by atoms with Gasteiger partial charge in [0.25, 0.3) is 0 Å². The maximum absolute atomic E-state index is 12.3. The highest BCUT2D eigenvalue weighted by atomic mass is 35.5. The second-order valence-corrected chi connectivity index (χ2v) is 7.89. The van der Waals surface area contributed by atoms with E-state index in [1.165, 1.54) is 22.9 Å². The van der Waals surface area contributed by atoms with E-state index in [1.807, 2.05) is 9.80 Å². The number of hydrogen-bond donors (Lipinski definition) is 1. The number of aliphatic hydroxyl groups is 1. The number of aromatic nitrogens is 2. The van der Waals surface area contributed by atoms with Crippen molar-refractivity contribution in [2.75, 3.05) is 37.6 Å². The number of ether oxygens (including phenoxy) is 1. The molecule has 0 unspecified atom stereocenters. The van der Waals surface area contributed by atoms with Gasteiger partial charge in [0, 0.05) is 38.4 Å². The lowest BCUT2D eigenvalue weighted by Gasteiger charge is -2.39. The fourth-order valence-electron chi connectivity index (χ4n) is 3.50. The fraction of sp³-hybridized carbons (Fsp3) is 0.500. The Morgan fingerprint density at radius 2 is 1.81 bits per heavy atom. The third kappa shape index (κ3) is 6.45. The minimum atomic E-state index is -4.73. The van der Waals surface area contributed by atoms with Crippen molar-refractivity contribution < 1.29 is 27.9 Å². The van der Waals surface area contributed by atoms with Crippen molar-refractivity contribution >= 4 is 23.1 Å². The molecule has 0 aliphatic carbocycles. The molecule has 2 aromatic rings. The number of alkyl halides is 3. The van der Waals surface area contributed by atoms with Crippen LogP contribution < -0.4 is 9.64 Å². The van der Waals surface area contributed by atoms with Crippen LogP contribution in [0.5, 0.6) is 5.75 Å². The zero-order valence-electron chi connectivity index (χ0n) is 16.5. The monoisotopic (exact) mass is 463 g/mol. The van der Waals surface area contributed by atoms with Crippen LogP contribution in [0.2, 0.25) is 5.28 Å². The number of hydrogen-bond acceptors (Lipinski definition) is 7. The Kier molecular flexibility index (Phi) is 6.62. The van der Waals surface area contributed by atoms with Gasteiger partial charge < -0.3 is 24.9 Å². The van der Waals surface area contributed by atoms with E-state index in [2.05, 4.69) is 9.72 Å². The van der Waals surface area contributed by atoms with Crippen LogP contribution in [0.15, 0.2) is 30.5 Å². The Bertz CT molecular complexity index is 912. The maximum Gasteiger partial charge on any atom is 0.573 e. The molecule has 1 aromatic carbocycles. The van der Waals surface area contributed by atoms with Crippen LogP contribution in [0.1, 0.15) is 6.92 Å². The lowest BCUT2D eigenvalue weighted by Crippen LogP contribution is -2.52. The SMILES string of the molecule is C[C@](O)(CN1CCN(c2ccc(OC(F)(F)F)cc2)CC1)Cn1cc([N+](=O)[O-])nc1Cl. The molecule has 31 heavy (non-hydrogen) atoms. The van der Waals surface area contributed by atoms with Crippen molar-refractivity contribution in [3.63, 3.8) is 0 Å². The highest BCUT2D eigenvalue weighted by Crippen LogP contribution is 2.26. The lowest BCUT2D eigenvalue weighted by atomic mass is 10.1. The molecule has 1 aliphatic heterocycles. The molecular formula is C18H21ClF3N5O4. The van der Waals surface area contributed by atoms with Crippen molar-refractivity contribution in [2.24, 2.45) is 0 Å². The van der Waals surface area contributed by atoms with Crippen molar-refractivity contribution in [1.29, 1.82) is 0 Å². The van der Waals surface area contributed by atoms with Gasteiger partial charge in [-0.3, -0.25) is 9.47 Å². The number of imidazole rings is 1. The molecule has 1 N–H and O–H groups in total. The molecule has 0 spiro atoms. The molecule has 9 nitrogen and oxygen atoms in total. The molecule has 13 heteroatoms. The Morgan fingerprint density at radius 1 is 1.19 bits per heavy atom. The predicted octanol–water partition coefficient (Wildman–Crippen LogP) is 2.92. The Morgan fingerprint density at radius 3 is 2.32 bits per heavy atom. The molecule has 0 amide bonds. The van der Waals surface area contributed by atoms with Crippen LogP contribution in [-0.2, 0) is 6.54 Å².